The van der Waals surface area contributed by atoms with Gasteiger partial charge in [-0.15, -0.1) is 0 Å². The van der Waals surface area contributed by atoms with Crippen LogP contribution in [-0.2, 0) is 10.0 Å². The molecule has 0 saturated heterocycles. The Kier molecular flexibility index (Phi) is 3.55. The predicted octanol–water partition coefficient (Wildman–Crippen LogP) is 3.46. The summed E-state index contributed by atoms with van der Waals surface area (Å²) in [4.78, 5) is 17.7. The Balaban J connectivity index is 1.82. The number of anilines is 1. The standard InChI is InChI=1S/C17H12ClN3O3S/c18-10-2-1-3-12(8-10)25(23,24)21-11-4-5-15-14(9-11)13-6-7-19-16(13)17(22)20-15/h1-9,19,21H,(H,20,22). The molecule has 4 aromatic rings. The molecule has 0 aliphatic rings. The van der Waals surface area contributed by atoms with E-state index in [2.05, 4.69) is 14.7 Å². The highest BCUT2D eigenvalue weighted by Crippen LogP contribution is 2.25. The molecule has 6 nitrogen and oxygen atoms in total. The second-order valence-corrected chi connectivity index (χ2v) is 7.66. The smallest absolute Gasteiger partial charge is 0.272 e. The molecule has 0 bridgehead atoms. The lowest BCUT2D eigenvalue weighted by atomic mass is 10.1. The summed E-state index contributed by atoms with van der Waals surface area (Å²) in [6.45, 7) is 0. The van der Waals surface area contributed by atoms with Gasteiger partial charge in [0, 0.05) is 33.2 Å². The van der Waals surface area contributed by atoms with E-state index in [9.17, 15) is 13.2 Å². The number of aromatic amines is 2. The van der Waals surface area contributed by atoms with Crippen molar-refractivity contribution in [2.75, 3.05) is 4.72 Å². The van der Waals surface area contributed by atoms with Gasteiger partial charge in [-0.05, 0) is 42.5 Å². The van der Waals surface area contributed by atoms with E-state index >= 15 is 0 Å². The third-order valence-corrected chi connectivity index (χ3v) is 5.50. The van der Waals surface area contributed by atoms with Crippen LogP contribution in [-0.4, -0.2) is 18.4 Å². The molecule has 8 heteroatoms. The number of aromatic nitrogens is 2. The van der Waals surface area contributed by atoms with Crippen LogP contribution in [0.3, 0.4) is 0 Å². The number of hydrogen-bond donors (Lipinski definition) is 3. The average Bonchev–Trinajstić information content (AvgIpc) is 3.06. The molecule has 0 radical (unpaired) electrons. The number of H-pyrrole nitrogens is 2. The highest BCUT2D eigenvalue weighted by molar-refractivity contribution is 7.92. The number of nitrogens with one attached hydrogen (secondary N) is 3. The van der Waals surface area contributed by atoms with Crippen molar-refractivity contribution in [3.8, 4) is 0 Å². The molecule has 0 amide bonds. The van der Waals surface area contributed by atoms with Crippen molar-refractivity contribution in [1.29, 1.82) is 0 Å². The van der Waals surface area contributed by atoms with Crippen LogP contribution in [0, 0.1) is 0 Å². The maximum Gasteiger partial charge on any atom is 0.272 e. The minimum atomic E-state index is -3.77. The topological polar surface area (TPSA) is 94.8 Å². The van der Waals surface area contributed by atoms with Gasteiger partial charge in [0.15, 0.2) is 0 Å². The fourth-order valence-corrected chi connectivity index (χ4v) is 4.10. The van der Waals surface area contributed by atoms with Crippen LogP contribution < -0.4 is 10.3 Å². The normalized spacial score (nSPS) is 11.9. The molecule has 126 valence electrons. The first kappa shape index (κ1) is 15.7. The van der Waals surface area contributed by atoms with E-state index in [-0.39, 0.29) is 10.5 Å². The minimum absolute atomic E-state index is 0.0772. The fourth-order valence-electron chi connectivity index (χ4n) is 2.75. The molecule has 0 saturated carbocycles. The van der Waals surface area contributed by atoms with Gasteiger partial charge in [-0.3, -0.25) is 9.52 Å². The Morgan fingerprint density at radius 2 is 1.84 bits per heavy atom. The molecule has 4 rings (SSSR count). The highest BCUT2D eigenvalue weighted by atomic mass is 35.5. The minimum Gasteiger partial charge on any atom is -0.357 e. The number of halogens is 1. The molecule has 25 heavy (non-hydrogen) atoms. The lowest BCUT2D eigenvalue weighted by molar-refractivity contribution is 0.601. The number of rotatable bonds is 3. The molecule has 2 aromatic carbocycles. The van der Waals surface area contributed by atoms with Gasteiger partial charge in [0.25, 0.3) is 15.6 Å². The third-order valence-electron chi connectivity index (χ3n) is 3.89. The van der Waals surface area contributed by atoms with Gasteiger partial charge in [0.1, 0.15) is 5.52 Å². The van der Waals surface area contributed by atoms with E-state index in [1.54, 1.807) is 42.6 Å². The van der Waals surface area contributed by atoms with Gasteiger partial charge >= 0.3 is 0 Å². The molecule has 0 unspecified atom stereocenters. The molecule has 0 atom stereocenters. The Labute approximate surface area is 147 Å². The Morgan fingerprint density at radius 1 is 1.00 bits per heavy atom. The van der Waals surface area contributed by atoms with Gasteiger partial charge in [0.2, 0.25) is 0 Å². The second-order valence-electron chi connectivity index (χ2n) is 5.54. The first-order chi connectivity index (χ1) is 11.9. The Bertz CT molecular complexity index is 1280. The molecule has 0 aliphatic heterocycles. The molecule has 2 heterocycles. The summed E-state index contributed by atoms with van der Waals surface area (Å²) in [5.41, 5.74) is 1.24. The third kappa shape index (κ3) is 2.77. The molecule has 3 N–H and O–H groups in total. The lowest BCUT2D eigenvalue weighted by Gasteiger charge is -2.09. The summed E-state index contributed by atoms with van der Waals surface area (Å²) in [5, 5.41) is 1.80. The van der Waals surface area contributed by atoms with Crippen molar-refractivity contribution in [2.24, 2.45) is 0 Å². The summed E-state index contributed by atoms with van der Waals surface area (Å²) in [6, 6.07) is 12.8. The number of pyridine rings is 1. The fraction of sp³-hybridized carbons (Fsp3) is 0. The van der Waals surface area contributed by atoms with E-state index in [1.807, 2.05) is 0 Å². The van der Waals surface area contributed by atoms with Crippen LogP contribution >= 0.6 is 11.6 Å². The quantitative estimate of drug-likeness (QED) is 0.513. The zero-order valence-corrected chi connectivity index (χ0v) is 14.3. The lowest BCUT2D eigenvalue weighted by Crippen LogP contribution is -2.13. The van der Waals surface area contributed by atoms with Crippen LogP contribution in [0.15, 0.2) is 64.4 Å². The van der Waals surface area contributed by atoms with E-state index in [0.29, 0.717) is 21.7 Å². The predicted molar refractivity (Wildman–Crippen MR) is 98.7 cm³/mol. The number of hydrogen-bond acceptors (Lipinski definition) is 3. The summed E-state index contributed by atoms with van der Waals surface area (Å²) in [7, 11) is -3.77. The molecule has 0 spiro atoms. The Morgan fingerprint density at radius 3 is 2.64 bits per heavy atom. The first-order valence-corrected chi connectivity index (χ1v) is 9.22. The average molecular weight is 374 g/mol. The van der Waals surface area contributed by atoms with Crippen molar-refractivity contribution < 1.29 is 8.42 Å². The maximum atomic E-state index is 12.5. The second kappa shape index (κ2) is 5.65. The highest BCUT2D eigenvalue weighted by Gasteiger charge is 2.15. The summed E-state index contributed by atoms with van der Waals surface area (Å²) < 4.78 is 27.6. The van der Waals surface area contributed by atoms with Crippen molar-refractivity contribution in [3.05, 3.63) is 70.1 Å². The number of benzene rings is 2. The van der Waals surface area contributed by atoms with E-state index in [0.717, 1.165) is 10.8 Å². The Hall–Kier alpha value is -2.77. The van der Waals surface area contributed by atoms with Crippen LogP contribution in [0.25, 0.3) is 21.8 Å². The van der Waals surface area contributed by atoms with E-state index in [1.165, 1.54) is 12.1 Å². The van der Waals surface area contributed by atoms with Crippen molar-refractivity contribution in [2.45, 2.75) is 4.90 Å². The monoisotopic (exact) mass is 373 g/mol. The zero-order chi connectivity index (χ0) is 17.6. The number of fused-ring (bicyclic) bond motifs is 3. The zero-order valence-electron chi connectivity index (χ0n) is 12.7. The van der Waals surface area contributed by atoms with Gasteiger partial charge in [-0.2, -0.15) is 0 Å². The SMILES string of the molecule is O=c1[nH]c2ccc(NS(=O)(=O)c3cccc(Cl)c3)cc2c2cc[nH]c12. The number of sulfonamides is 1. The van der Waals surface area contributed by atoms with Crippen LogP contribution in [0.2, 0.25) is 5.02 Å². The van der Waals surface area contributed by atoms with Crippen molar-refractivity contribution in [3.63, 3.8) is 0 Å². The summed E-state index contributed by atoms with van der Waals surface area (Å²) in [6.07, 6.45) is 1.67. The van der Waals surface area contributed by atoms with Gasteiger partial charge in [-0.25, -0.2) is 8.42 Å². The van der Waals surface area contributed by atoms with Crippen LogP contribution in [0.4, 0.5) is 5.69 Å². The molecule has 0 fully saturated rings. The molecule has 0 aliphatic carbocycles. The van der Waals surface area contributed by atoms with Gasteiger partial charge < -0.3 is 9.97 Å². The van der Waals surface area contributed by atoms with Crippen LogP contribution in [0.5, 0.6) is 0 Å². The van der Waals surface area contributed by atoms with Crippen LogP contribution in [0.1, 0.15) is 0 Å². The van der Waals surface area contributed by atoms with E-state index < -0.39 is 10.0 Å². The summed E-state index contributed by atoms with van der Waals surface area (Å²) in [5.74, 6) is 0. The van der Waals surface area contributed by atoms with Gasteiger partial charge in [0.05, 0.1) is 4.90 Å². The summed E-state index contributed by atoms with van der Waals surface area (Å²) >= 11 is 5.87. The van der Waals surface area contributed by atoms with E-state index in [4.69, 9.17) is 11.6 Å². The molecular weight excluding hydrogens is 362 g/mol. The van der Waals surface area contributed by atoms with Gasteiger partial charge in [-0.1, -0.05) is 17.7 Å². The molecule has 2 aromatic heterocycles. The molecular formula is C17H12ClN3O3S. The first-order valence-electron chi connectivity index (χ1n) is 7.35. The largest absolute Gasteiger partial charge is 0.357 e. The maximum absolute atomic E-state index is 12.5. The van der Waals surface area contributed by atoms with Crippen molar-refractivity contribution >= 4 is 49.1 Å². The van der Waals surface area contributed by atoms with Crippen molar-refractivity contribution in [1.82, 2.24) is 9.97 Å².